The lowest BCUT2D eigenvalue weighted by atomic mass is 10.2. The molecule has 4 nitrogen and oxygen atoms in total. The molecule has 0 aromatic heterocycles. The Labute approximate surface area is 115 Å². The van der Waals surface area contributed by atoms with Crippen LogP contribution in [0.15, 0.2) is 0 Å². The largest absolute Gasteiger partial charge is 0.356 e. The molecule has 1 aliphatic heterocycles. The van der Waals surface area contributed by atoms with Crippen molar-refractivity contribution in [3.05, 3.63) is 0 Å². The van der Waals surface area contributed by atoms with Crippen LogP contribution >= 0.6 is 0 Å². The lowest BCUT2D eigenvalue weighted by molar-refractivity contribution is -0.134. The molecule has 0 radical (unpaired) electrons. The third-order valence-corrected chi connectivity index (χ3v) is 4.05. The number of rotatable bonds is 4. The third-order valence-electron chi connectivity index (χ3n) is 4.05. The highest BCUT2D eigenvalue weighted by Gasteiger charge is 2.49. The topological polar surface area (TPSA) is 49.4 Å². The number of amides is 2. The van der Waals surface area contributed by atoms with E-state index in [9.17, 15) is 9.59 Å². The van der Waals surface area contributed by atoms with Gasteiger partial charge >= 0.3 is 0 Å². The predicted octanol–water partition coefficient (Wildman–Crippen LogP) is 1.80. The Kier molecular flexibility index (Phi) is 4.83. The van der Waals surface area contributed by atoms with Crippen LogP contribution in [-0.2, 0) is 9.59 Å². The van der Waals surface area contributed by atoms with Crippen molar-refractivity contribution in [2.75, 3.05) is 19.6 Å². The SMILES string of the molecule is CC(C)CNC(=O)C1CC1C(=O)N1CCCCCC1. The Morgan fingerprint density at radius 2 is 1.74 bits per heavy atom. The summed E-state index contributed by atoms with van der Waals surface area (Å²) in [6.07, 6.45) is 5.43. The van der Waals surface area contributed by atoms with E-state index in [-0.39, 0.29) is 23.7 Å². The summed E-state index contributed by atoms with van der Waals surface area (Å²) < 4.78 is 0. The van der Waals surface area contributed by atoms with Crippen molar-refractivity contribution >= 4 is 11.8 Å². The molecule has 108 valence electrons. The fourth-order valence-electron chi connectivity index (χ4n) is 2.72. The molecule has 1 heterocycles. The maximum atomic E-state index is 12.3. The predicted molar refractivity (Wildman–Crippen MR) is 74.5 cm³/mol. The summed E-state index contributed by atoms with van der Waals surface area (Å²) in [4.78, 5) is 26.2. The Balaban J connectivity index is 1.77. The van der Waals surface area contributed by atoms with Crippen LogP contribution in [-0.4, -0.2) is 36.3 Å². The molecule has 0 aromatic rings. The maximum Gasteiger partial charge on any atom is 0.226 e. The van der Waals surface area contributed by atoms with Crippen molar-refractivity contribution < 1.29 is 9.59 Å². The van der Waals surface area contributed by atoms with Gasteiger partial charge in [0.25, 0.3) is 0 Å². The van der Waals surface area contributed by atoms with E-state index in [2.05, 4.69) is 19.2 Å². The summed E-state index contributed by atoms with van der Waals surface area (Å²) in [5.74, 6) is 0.649. The van der Waals surface area contributed by atoms with Crippen molar-refractivity contribution in [3.63, 3.8) is 0 Å². The molecule has 0 spiro atoms. The lowest BCUT2D eigenvalue weighted by Gasteiger charge is -2.20. The van der Waals surface area contributed by atoms with Crippen LogP contribution in [0.3, 0.4) is 0 Å². The molecule has 0 aromatic carbocycles. The van der Waals surface area contributed by atoms with Gasteiger partial charge in [-0.1, -0.05) is 26.7 Å². The molecule has 2 fully saturated rings. The first-order chi connectivity index (χ1) is 9.09. The zero-order valence-corrected chi connectivity index (χ0v) is 12.2. The highest BCUT2D eigenvalue weighted by Crippen LogP contribution is 2.40. The van der Waals surface area contributed by atoms with Gasteiger partial charge in [0.15, 0.2) is 0 Å². The Morgan fingerprint density at radius 3 is 2.32 bits per heavy atom. The number of carbonyl (C=O) groups is 2. The van der Waals surface area contributed by atoms with Crippen LogP contribution < -0.4 is 5.32 Å². The van der Waals surface area contributed by atoms with Gasteiger partial charge in [0.1, 0.15) is 0 Å². The van der Waals surface area contributed by atoms with Gasteiger partial charge in [-0.15, -0.1) is 0 Å². The van der Waals surface area contributed by atoms with Crippen LogP contribution in [0.5, 0.6) is 0 Å². The highest BCUT2D eigenvalue weighted by atomic mass is 16.2. The quantitative estimate of drug-likeness (QED) is 0.843. The number of nitrogens with zero attached hydrogens (tertiary/aromatic N) is 1. The van der Waals surface area contributed by atoms with Gasteiger partial charge in [-0.05, 0) is 25.2 Å². The van der Waals surface area contributed by atoms with E-state index in [1.165, 1.54) is 12.8 Å². The average Bonchev–Trinajstić information content (AvgIpc) is 3.18. The first kappa shape index (κ1) is 14.4. The molecule has 2 aliphatic rings. The van der Waals surface area contributed by atoms with E-state index >= 15 is 0 Å². The van der Waals surface area contributed by atoms with Crippen molar-refractivity contribution in [3.8, 4) is 0 Å². The second kappa shape index (κ2) is 6.40. The number of hydrogen-bond donors (Lipinski definition) is 1. The minimum absolute atomic E-state index is 0.0368. The van der Waals surface area contributed by atoms with E-state index in [1.807, 2.05) is 4.90 Å². The molecule has 4 heteroatoms. The first-order valence-corrected chi connectivity index (χ1v) is 7.66. The molecule has 2 atom stereocenters. The van der Waals surface area contributed by atoms with E-state index in [4.69, 9.17) is 0 Å². The molecule has 2 amide bonds. The van der Waals surface area contributed by atoms with Crippen molar-refractivity contribution in [2.45, 2.75) is 46.0 Å². The zero-order chi connectivity index (χ0) is 13.8. The van der Waals surface area contributed by atoms with E-state index < -0.39 is 0 Å². The van der Waals surface area contributed by atoms with Crippen LogP contribution in [0.2, 0.25) is 0 Å². The molecule has 1 aliphatic carbocycles. The van der Waals surface area contributed by atoms with Gasteiger partial charge in [-0.3, -0.25) is 9.59 Å². The van der Waals surface area contributed by atoms with Gasteiger partial charge in [0, 0.05) is 19.6 Å². The van der Waals surface area contributed by atoms with Crippen molar-refractivity contribution in [1.29, 1.82) is 0 Å². The summed E-state index contributed by atoms with van der Waals surface area (Å²) in [6.45, 7) is 6.63. The van der Waals surface area contributed by atoms with Gasteiger partial charge in [-0.2, -0.15) is 0 Å². The molecule has 2 rings (SSSR count). The normalized spacial score (nSPS) is 27.0. The van der Waals surface area contributed by atoms with E-state index in [0.717, 1.165) is 32.4 Å². The maximum absolute atomic E-state index is 12.3. The van der Waals surface area contributed by atoms with Crippen LogP contribution in [0.25, 0.3) is 0 Å². The molecule has 19 heavy (non-hydrogen) atoms. The van der Waals surface area contributed by atoms with Crippen molar-refractivity contribution in [1.82, 2.24) is 10.2 Å². The minimum Gasteiger partial charge on any atom is -0.356 e. The summed E-state index contributed by atoms with van der Waals surface area (Å²) in [5.41, 5.74) is 0. The average molecular weight is 266 g/mol. The smallest absolute Gasteiger partial charge is 0.226 e. The number of carbonyl (C=O) groups excluding carboxylic acids is 2. The van der Waals surface area contributed by atoms with Crippen molar-refractivity contribution in [2.24, 2.45) is 17.8 Å². The van der Waals surface area contributed by atoms with E-state index in [1.54, 1.807) is 0 Å². The van der Waals surface area contributed by atoms with Gasteiger partial charge in [0.2, 0.25) is 11.8 Å². The molecule has 1 saturated heterocycles. The molecule has 0 bridgehead atoms. The number of nitrogens with one attached hydrogen (secondary N) is 1. The Morgan fingerprint density at radius 1 is 1.11 bits per heavy atom. The second-order valence-corrected chi connectivity index (χ2v) is 6.33. The highest BCUT2D eigenvalue weighted by molar-refractivity contribution is 5.92. The number of likely N-dealkylation sites (tertiary alicyclic amines) is 1. The summed E-state index contributed by atoms with van der Waals surface area (Å²) in [6, 6.07) is 0. The summed E-state index contributed by atoms with van der Waals surface area (Å²) in [7, 11) is 0. The molecule has 1 saturated carbocycles. The van der Waals surface area contributed by atoms with Crippen LogP contribution in [0.4, 0.5) is 0 Å². The van der Waals surface area contributed by atoms with Gasteiger partial charge in [0.05, 0.1) is 11.8 Å². The van der Waals surface area contributed by atoms with Crippen LogP contribution in [0.1, 0.15) is 46.0 Å². The fourth-order valence-corrected chi connectivity index (χ4v) is 2.72. The summed E-state index contributed by atoms with van der Waals surface area (Å²) >= 11 is 0. The van der Waals surface area contributed by atoms with Gasteiger partial charge in [-0.25, -0.2) is 0 Å². The van der Waals surface area contributed by atoms with Crippen LogP contribution in [0, 0.1) is 17.8 Å². The Hall–Kier alpha value is -1.06. The molecular weight excluding hydrogens is 240 g/mol. The first-order valence-electron chi connectivity index (χ1n) is 7.66. The summed E-state index contributed by atoms with van der Waals surface area (Å²) in [5, 5.41) is 2.93. The Bertz CT molecular complexity index is 333. The molecule has 1 N–H and O–H groups in total. The molecule has 2 unspecified atom stereocenters. The zero-order valence-electron chi connectivity index (χ0n) is 12.2. The molecular formula is C15H26N2O2. The lowest BCUT2D eigenvalue weighted by Crippen LogP contribution is -2.35. The van der Waals surface area contributed by atoms with Gasteiger partial charge < -0.3 is 10.2 Å². The fraction of sp³-hybridized carbons (Fsp3) is 0.867. The second-order valence-electron chi connectivity index (χ2n) is 6.33. The van der Waals surface area contributed by atoms with E-state index in [0.29, 0.717) is 12.5 Å². The number of hydrogen-bond acceptors (Lipinski definition) is 2. The minimum atomic E-state index is -0.0606. The third kappa shape index (κ3) is 3.95. The standard InChI is InChI=1S/C15H26N2O2/c1-11(2)10-16-14(18)12-9-13(12)15(19)17-7-5-3-4-6-8-17/h11-13H,3-10H2,1-2H3,(H,16,18). The monoisotopic (exact) mass is 266 g/mol.